The van der Waals surface area contributed by atoms with E-state index >= 15 is 0 Å². The maximum atomic E-state index is 12.9. The number of fused-ring (bicyclic) bond motifs is 2. The number of thioether (sulfide) groups is 1. The SMILES string of the molecule is O=C(NCc1cn2c(n1)SCC2)[C@H]1C[C@@H](c2ccccc2)N2CCC[C@H]12. The maximum absolute atomic E-state index is 12.9. The predicted molar refractivity (Wildman–Crippen MR) is 102 cm³/mol. The van der Waals surface area contributed by atoms with Crippen molar-refractivity contribution in [2.75, 3.05) is 12.3 Å². The van der Waals surface area contributed by atoms with Gasteiger partial charge < -0.3 is 9.88 Å². The number of aryl methyl sites for hydroxylation is 1. The molecule has 6 heteroatoms. The zero-order valence-corrected chi connectivity index (χ0v) is 15.6. The molecule has 2 aromatic rings. The van der Waals surface area contributed by atoms with Gasteiger partial charge in [0, 0.05) is 30.6 Å². The van der Waals surface area contributed by atoms with Crippen LogP contribution in [-0.4, -0.2) is 38.7 Å². The zero-order chi connectivity index (χ0) is 17.5. The van der Waals surface area contributed by atoms with Crippen molar-refractivity contribution in [1.29, 1.82) is 0 Å². The van der Waals surface area contributed by atoms with Gasteiger partial charge in [0.2, 0.25) is 5.91 Å². The number of carbonyl (C=O) groups excluding carboxylic acids is 1. The van der Waals surface area contributed by atoms with E-state index in [1.165, 1.54) is 12.0 Å². The van der Waals surface area contributed by atoms with Crippen molar-refractivity contribution in [1.82, 2.24) is 19.8 Å². The van der Waals surface area contributed by atoms with E-state index in [9.17, 15) is 4.79 Å². The highest BCUT2D eigenvalue weighted by atomic mass is 32.2. The second-order valence-corrected chi connectivity index (χ2v) is 8.55. The van der Waals surface area contributed by atoms with Gasteiger partial charge in [-0.25, -0.2) is 4.98 Å². The van der Waals surface area contributed by atoms with Crippen LogP contribution in [0.5, 0.6) is 0 Å². The summed E-state index contributed by atoms with van der Waals surface area (Å²) in [6.07, 6.45) is 5.34. The molecule has 5 rings (SSSR count). The van der Waals surface area contributed by atoms with Crippen molar-refractivity contribution in [2.24, 2.45) is 5.92 Å². The highest BCUT2D eigenvalue weighted by Gasteiger charge is 2.46. The third-order valence-electron chi connectivity index (χ3n) is 6.00. The molecule has 1 aromatic heterocycles. The van der Waals surface area contributed by atoms with Gasteiger partial charge in [-0.3, -0.25) is 9.69 Å². The Morgan fingerprint density at radius 3 is 3.00 bits per heavy atom. The molecule has 1 N–H and O–H groups in total. The first-order valence-corrected chi connectivity index (χ1v) is 10.6. The maximum Gasteiger partial charge on any atom is 0.225 e. The molecule has 2 fully saturated rings. The highest BCUT2D eigenvalue weighted by molar-refractivity contribution is 7.99. The number of rotatable bonds is 4. The van der Waals surface area contributed by atoms with Crippen LogP contribution in [0.4, 0.5) is 0 Å². The van der Waals surface area contributed by atoms with Crippen molar-refractivity contribution < 1.29 is 4.79 Å². The van der Waals surface area contributed by atoms with Crippen LogP contribution in [0.2, 0.25) is 0 Å². The third-order valence-corrected chi connectivity index (χ3v) is 6.97. The fourth-order valence-corrected chi connectivity index (χ4v) is 5.77. The first-order valence-electron chi connectivity index (χ1n) is 9.57. The zero-order valence-electron chi connectivity index (χ0n) is 14.8. The number of carbonyl (C=O) groups is 1. The lowest BCUT2D eigenvalue weighted by Crippen LogP contribution is -2.37. The molecule has 3 aliphatic rings. The Labute approximate surface area is 158 Å². The normalized spacial score (nSPS) is 27.5. The Morgan fingerprint density at radius 1 is 1.27 bits per heavy atom. The van der Waals surface area contributed by atoms with Crippen LogP contribution in [0.3, 0.4) is 0 Å². The van der Waals surface area contributed by atoms with Crippen LogP contribution < -0.4 is 5.32 Å². The van der Waals surface area contributed by atoms with Crippen LogP contribution in [0.15, 0.2) is 41.7 Å². The minimum atomic E-state index is 0.0894. The summed E-state index contributed by atoms with van der Waals surface area (Å²) in [5.74, 6) is 1.39. The summed E-state index contributed by atoms with van der Waals surface area (Å²) >= 11 is 1.79. The lowest BCUT2D eigenvalue weighted by atomic mass is 9.93. The Morgan fingerprint density at radius 2 is 2.15 bits per heavy atom. The van der Waals surface area contributed by atoms with E-state index in [2.05, 4.69) is 56.3 Å². The van der Waals surface area contributed by atoms with Crippen molar-refractivity contribution in [3.8, 4) is 0 Å². The van der Waals surface area contributed by atoms with Gasteiger partial charge in [-0.1, -0.05) is 42.1 Å². The molecule has 1 aromatic carbocycles. The van der Waals surface area contributed by atoms with Gasteiger partial charge in [0.1, 0.15) is 0 Å². The fourth-order valence-electron chi connectivity index (χ4n) is 4.81. The molecule has 26 heavy (non-hydrogen) atoms. The lowest BCUT2D eigenvalue weighted by Gasteiger charge is -2.24. The molecule has 0 bridgehead atoms. The van der Waals surface area contributed by atoms with Crippen LogP contribution in [0.25, 0.3) is 0 Å². The van der Waals surface area contributed by atoms with E-state index in [0.29, 0.717) is 18.6 Å². The Hall–Kier alpha value is -1.79. The van der Waals surface area contributed by atoms with Gasteiger partial charge in [-0.05, 0) is 31.4 Å². The molecule has 0 aliphatic carbocycles. The molecule has 0 radical (unpaired) electrons. The Bertz CT molecular complexity index is 784. The molecular formula is C20H24N4OS. The van der Waals surface area contributed by atoms with E-state index in [1.54, 1.807) is 11.8 Å². The quantitative estimate of drug-likeness (QED) is 0.902. The molecule has 0 unspecified atom stereocenters. The smallest absolute Gasteiger partial charge is 0.225 e. The Kier molecular flexibility index (Phi) is 4.25. The van der Waals surface area contributed by atoms with Crippen LogP contribution in [0, 0.1) is 5.92 Å². The Balaban J connectivity index is 1.27. The first-order chi connectivity index (χ1) is 12.8. The molecule has 0 spiro atoms. The van der Waals surface area contributed by atoms with Gasteiger partial charge >= 0.3 is 0 Å². The monoisotopic (exact) mass is 368 g/mol. The van der Waals surface area contributed by atoms with Crippen molar-refractivity contribution in [2.45, 2.75) is 49.6 Å². The van der Waals surface area contributed by atoms with E-state index < -0.39 is 0 Å². The van der Waals surface area contributed by atoms with Crippen molar-refractivity contribution in [3.63, 3.8) is 0 Å². The molecule has 136 valence electrons. The first kappa shape index (κ1) is 16.4. The van der Waals surface area contributed by atoms with Crippen LogP contribution in [0.1, 0.15) is 36.6 Å². The molecule has 5 nitrogen and oxygen atoms in total. The number of hydrogen-bond donors (Lipinski definition) is 1. The number of hydrogen-bond acceptors (Lipinski definition) is 4. The number of amides is 1. The minimum absolute atomic E-state index is 0.0894. The van der Waals surface area contributed by atoms with Crippen molar-refractivity contribution in [3.05, 3.63) is 47.8 Å². The van der Waals surface area contributed by atoms with E-state index in [-0.39, 0.29) is 11.8 Å². The minimum Gasteiger partial charge on any atom is -0.350 e. The largest absolute Gasteiger partial charge is 0.350 e. The standard InChI is InChI=1S/C20H24N4OS/c25-19(21-12-15-13-23-9-10-26-20(23)22-15)16-11-18(14-5-2-1-3-6-14)24-8-4-7-17(16)24/h1-3,5-6,13,16-18H,4,7-12H2,(H,21,25)/t16-,17+,18-/m0/s1. The second-order valence-electron chi connectivity index (χ2n) is 7.49. The second kappa shape index (κ2) is 6.74. The lowest BCUT2D eigenvalue weighted by molar-refractivity contribution is -0.125. The average Bonchev–Trinajstić information content (AvgIpc) is 3.40. The number of nitrogens with zero attached hydrogens (tertiary/aromatic N) is 3. The summed E-state index contributed by atoms with van der Waals surface area (Å²) in [5, 5.41) is 4.25. The summed E-state index contributed by atoms with van der Waals surface area (Å²) in [6, 6.07) is 11.4. The molecule has 4 heterocycles. The fraction of sp³-hybridized carbons (Fsp3) is 0.500. The molecule has 3 atom stereocenters. The number of imidazole rings is 1. The van der Waals surface area contributed by atoms with Crippen LogP contribution in [-0.2, 0) is 17.9 Å². The number of nitrogens with one attached hydrogen (secondary N) is 1. The molecule has 3 aliphatic heterocycles. The van der Waals surface area contributed by atoms with Gasteiger partial charge in [-0.15, -0.1) is 0 Å². The van der Waals surface area contributed by atoms with Gasteiger partial charge in [0.05, 0.1) is 18.2 Å². The average molecular weight is 369 g/mol. The van der Waals surface area contributed by atoms with E-state index in [4.69, 9.17) is 0 Å². The summed E-state index contributed by atoms with van der Waals surface area (Å²) in [4.78, 5) is 20.1. The summed E-state index contributed by atoms with van der Waals surface area (Å²) in [5.41, 5.74) is 2.32. The summed E-state index contributed by atoms with van der Waals surface area (Å²) < 4.78 is 2.19. The van der Waals surface area contributed by atoms with Gasteiger partial charge in [0.15, 0.2) is 5.16 Å². The topological polar surface area (TPSA) is 50.2 Å². The van der Waals surface area contributed by atoms with Crippen molar-refractivity contribution >= 4 is 17.7 Å². The van der Waals surface area contributed by atoms with Gasteiger partial charge in [-0.2, -0.15) is 0 Å². The van der Waals surface area contributed by atoms with E-state index in [0.717, 1.165) is 42.5 Å². The summed E-state index contributed by atoms with van der Waals surface area (Å²) in [6.45, 7) is 2.68. The highest BCUT2D eigenvalue weighted by Crippen LogP contribution is 2.44. The summed E-state index contributed by atoms with van der Waals surface area (Å²) in [7, 11) is 0. The third kappa shape index (κ3) is 2.85. The molecule has 0 saturated carbocycles. The molecule has 2 saturated heterocycles. The molecule has 1 amide bonds. The van der Waals surface area contributed by atoms with Gasteiger partial charge in [0.25, 0.3) is 0 Å². The molecular weight excluding hydrogens is 344 g/mol. The predicted octanol–water partition coefficient (Wildman–Crippen LogP) is 2.83. The van der Waals surface area contributed by atoms with E-state index in [1.807, 2.05) is 0 Å². The number of benzene rings is 1. The number of aromatic nitrogens is 2. The van der Waals surface area contributed by atoms with Crippen LogP contribution >= 0.6 is 11.8 Å².